The molecule has 1 unspecified atom stereocenters. The highest BCUT2D eigenvalue weighted by atomic mass is 32.2. The summed E-state index contributed by atoms with van der Waals surface area (Å²) in [6.07, 6.45) is 0.175. The number of anilines is 1. The Morgan fingerprint density at radius 3 is 2.94 bits per heavy atom. The van der Waals surface area contributed by atoms with E-state index in [1.165, 1.54) is 4.90 Å². The zero-order valence-corrected chi connectivity index (χ0v) is 11.2. The monoisotopic (exact) mass is 263 g/mol. The van der Waals surface area contributed by atoms with Crippen LogP contribution in [0.4, 0.5) is 5.69 Å². The van der Waals surface area contributed by atoms with Crippen LogP contribution < -0.4 is 4.90 Å². The SMILES string of the molecule is C=C(C)CN1c2ccccc2SCC1CC(=O)O. The minimum atomic E-state index is -0.744. The number of hydrogen-bond acceptors (Lipinski definition) is 3. The van der Waals surface area contributed by atoms with Crippen molar-refractivity contribution in [2.45, 2.75) is 24.3 Å². The molecule has 0 aliphatic carbocycles. The number of para-hydroxylation sites is 1. The first-order chi connectivity index (χ1) is 8.58. The van der Waals surface area contributed by atoms with Crippen molar-refractivity contribution in [3.05, 3.63) is 36.4 Å². The highest BCUT2D eigenvalue weighted by Gasteiger charge is 2.28. The number of rotatable bonds is 4. The summed E-state index contributed by atoms with van der Waals surface area (Å²) in [5, 5.41) is 9.01. The second-order valence-corrected chi connectivity index (χ2v) is 5.68. The van der Waals surface area contributed by atoms with E-state index in [9.17, 15) is 4.79 Å². The molecule has 18 heavy (non-hydrogen) atoms. The van der Waals surface area contributed by atoms with Crippen molar-refractivity contribution in [1.29, 1.82) is 0 Å². The van der Waals surface area contributed by atoms with Gasteiger partial charge in [-0.05, 0) is 19.1 Å². The lowest BCUT2D eigenvalue weighted by Gasteiger charge is -2.38. The molecule has 2 rings (SSSR count). The highest BCUT2D eigenvalue weighted by Crippen LogP contribution is 2.38. The summed E-state index contributed by atoms with van der Waals surface area (Å²) >= 11 is 1.73. The van der Waals surface area contributed by atoms with Gasteiger partial charge in [0.25, 0.3) is 0 Å². The summed E-state index contributed by atoms with van der Waals surface area (Å²) in [5.41, 5.74) is 2.18. The largest absolute Gasteiger partial charge is 0.481 e. The minimum Gasteiger partial charge on any atom is -0.481 e. The van der Waals surface area contributed by atoms with Gasteiger partial charge >= 0.3 is 5.97 Å². The number of aliphatic carboxylic acids is 1. The van der Waals surface area contributed by atoms with Gasteiger partial charge < -0.3 is 10.0 Å². The van der Waals surface area contributed by atoms with Crippen LogP contribution in [0.3, 0.4) is 0 Å². The number of carbonyl (C=O) groups is 1. The van der Waals surface area contributed by atoms with Gasteiger partial charge in [0.15, 0.2) is 0 Å². The van der Waals surface area contributed by atoms with Crippen LogP contribution in [0.25, 0.3) is 0 Å². The van der Waals surface area contributed by atoms with Crippen LogP contribution in [-0.4, -0.2) is 29.4 Å². The minimum absolute atomic E-state index is 0.0408. The Labute approximate surface area is 111 Å². The van der Waals surface area contributed by atoms with Crippen LogP contribution in [0, 0.1) is 0 Å². The molecule has 0 saturated heterocycles. The molecule has 0 radical (unpaired) electrons. The third-order valence-corrected chi connectivity index (χ3v) is 4.10. The Morgan fingerprint density at radius 1 is 1.56 bits per heavy atom. The van der Waals surface area contributed by atoms with Gasteiger partial charge in [-0.1, -0.05) is 24.3 Å². The van der Waals surface area contributed by atoms with Crippen molar-refractivity contribution in [3.8, 4) is 0 Å². The molecule has 0 amide bonds. The molecule has 96 valence electrons. The number of carboxylic acids is 1. The number of benzene rings is 1. The van der Waals surface area contributed by atoms with Gasteiger partial charge in [0.1, 0.15) is 0 Å². The number of fused-ring (bicyclic) bond motifs is 1. The van der Waals surface area contributed by atoms with Gasteiger partial charge in [-0.3, -0.25) is 4.79 Å². The van der Waals surface area contributed by atoms with Gasteiger partial charge in [-0.2, -0.15) is 0 Å². The first-order valence-corrected chi connectivity index (χ1v) is 6.91. The molecule has 0 bridgehead atoms. The Kier molecular flexibility index (Phi) is 3.97. The van der Waals surface area contributed by atoms with E-state index in [1.807, 2.05) is 19.1 Å². The van der Waals surface area contributed by atoms with Crippen molar-refractivity contribution in [3.63, 3.8) is 0 Å². The second kappa shape index (κ2) is 5.48. The fraction of sp³-hybridized carbons (Fsp3) is 0.357. The molecular formula is C14H17NO2S. The van der Waals surface area contributed by atoms with Gasteiger partial charge in [0.05, 0.1) is 12.1 Å². The standard InChI is InChI=1S/C14H17NO2S/c1-10(2)8-15-11(7-14(16)17)9-18-13-6-4-3-5-12(13)15/h3-6,11H,1,7-9H2,2H3,(H,16,17). The molecule has 1 aliphatic rings. The first kappa shape index (κ1) is 13.0. The van der Waals surface area contributed by atoms with Crippen LogP contribution in [0.1, 0.15) is 13.3 Å². The Morgan fingerprint density at radius 2 is 2.28 bits per heavy atom. The smallest absolute Gasteiger partial charge is 0.305 e. The molecule has 4 heteroatoms. The fourth-order valence-electron chi connectivity index (χ4n) is 2.16. The number of carboxylic acid groups (broad SMARTS) is 1. The fourth-order valence-corrected chi connectivity index (χ4v) is 3.34. The number of hydrogen-bond donors (Lipinski definition) is 1. The maximum absolute atomic E-state index is 11.0. The Balaban J connectivity index is 2.30. The normalized spacial score (nSPS) is 18.3. The average Bonchev–Trinajstić information content (AvgIpc) is 2.31. The zero-order valence-electron chi connectivity index (χ0n) is 10.4. The number of nitrogens with zero attached hydrogens (tertiary/aromatic N) is 1. The Bertz CT molecular complexity index is 473. The van der Waals surface area contributed by atoms with Gasteiger partial charge in [0.2, 0.25) is 0 Å². The summed E-state index contributed by atoms with van der Waals surface area (Å²) < 4.78 is 0. The predicted molar refractivity (Wildman–Crippen MR) is 75.4 cm³/mol. The molecule has 1 aromatic carbocycles. The molecule has 0 spiro atoms. The molecule has 1 heterocycles. The summed E-state index contributed by atoms with van der Waals surface area (Å²) in [7, 11) is 0. The molecule has 1 atom stereocenters. The molecular weight excluding hydrogens is 246 g/mol. The molecule has 1 aliphatic heterocycles. The zero-order chi connectivity index (χ0) is 13.1. The number of thioether (sulfide) groups is 1. The van der Waals surface area contributed by atoms with E-state index in [4.69, 9.17) is 5.11 Å². The van der Waals surface area contributed by atoms with Crippen LogP contribution in [0.5, 0.6) is 0 Å². The van der Waals surface area contributed by atoms with E-state index in [0.717, 1.165) is 23.6 Å². The third kappa shape index (κ3) is 2.88. The van der Waals surface area contributed by atoms with Crippen molar-refractivity contribution in [1.82, 2.24) is 0 Å². The van der Waals surface area contributed by atoms with E-state index >= 15 is 0 Å². The van der Waals surface area contributed by atoms with Gasteiger partial charge in [-0.15, -0.1) is 11.8 Å². The quantitative estimate of drug-likeness (QED) is 0.848. The van der Waals surface area contributed by atoms with Crippen LogP contribution in [-0.2, 0) is 4.79 Å². The highest BCUT2D eigenvalue weighted by molar-refractivity contribution is 7.99. The first-order valence-electron chi connectivity index (χ1n) is 5.92. The maximum Gasteiger partial charge on any atom is 0.305 e. The lowest BCUT2D eigenvalue weighted by atomic mass is 10.1. The van der Waals surface area contributed by atoms with E-state index in [0.29, 0.717) is 0 Å². The van der Waals surface area contributed by atoms with Crippen LogP contribution in [0.2, 0.25) is 0 Å². The lowest BCUT2D eigenvalue weighted by Crippen LogP contribution is -2.42. The van der Waals surface area contributed by atoms with E-state index in [1.54, 1.807) is 11.8 Å². The molecule has 0 aromatic heterocycles. The summed E-state index contributed by atoms with van der Waals surface area (Å²) in [6, 6.07) is 8.19. The van der Waals surface area contributed by atoms with Crippen LogP contribution in [0.15, 0.2) is 41.3 Å². The average molecular weight is 263 g/mol. The van der Waals surface area contributed by atoms with Crippen molar-refractivity contribution in [2.75, 3.05) is 17.2 Å². The van der Waals surface area contributed by atoms with Crippen molar-refractivity contribution in [2.24, 2.45) is 0 Å². The van der Waals surface area contributed by atoms with Gasteiger partial charge in [-0.25, -0.2) is 0 Å². The van der Waals surface area contributed by atoms with Crippen LogP contribution >= 0.6 is 11.8 Å². The predicted octanol–water partition coefficient (Wildman–Crippen LogP) is 3.02. The topological polar surface area (TPSA) is 40.5 Å². The Hall–Kier alpha value is -1.42. The molecule has 1 aromatic rings. The van der Waals surface area contributed by atoms with Gasteiger partial charge in [0, 0.05) is 23.2 Å². The third-order valence-electron chi connectivity index (χ3n) is 2.90. The van der Waals surface area contributed by atoms with E-state index in [-0.39, 0.29) is 12.5 Å². The van der Waals surface area contributed by atoms with Crippen molar-refractivity contribution >= 4 is 23.4 Å². The summed E-state index contributed by atoms with van der Waals surface area (Å²) in [5.74, 6) is 0.0723. The second-order valence-electron chi connectivity index (χ2n) is 4.62. The van der Waals surface area contributed by atoms with E-state index < -0.39 is 5.97 Å². The summed E-state index contributed by atoms with van der Waals surface area (Å²) in [4.78, 5) is 14.3. The molecule has 3 nitrogen and oxygen atoms in total. The molecule has 0 saturated carbocycles. The lowest BCUT2D eigenvalue weighted by molar-refractivity contribution is -0.137. The van der Waals surface area contributed by atoms with E-state index in [2.05, 4.69) is 23.6 Å². The summed E-state index contributed by atoms with van der Waals surface area (Å²) in [6.45, 7) is 6.63. The maximum atomic E-state index is 11.0. The molecule has 1 N–H and O–H groups in total. The molecule has 0 fully saturated rings. The van der Waals surface area contributed by atoms with Crippen molar-refractivity contribution < 1.29 is 9.90 Å².